The summed E-state index contributed by atoms with van der Waals surface area (Å²) in [4.78, 5) is 18.8. The van der Waals surface area contributed by atoms with E-state index in [9.17, 15) is 4.79 Å². The Balaban J connectivity index is 1.49. The van der Waals surface area contributed by atoms with E-state index in [1.54, 1.807) is 24.4 Å². The number of carbonyl (C=O) groups excluding carboxylic acids is 1. The first kappa shape index (κ1) is 17.1. The van der Waals surface area contributed by atoms with Crippen LogP contribution in [0.4, 0.5) is 5.82 Å². The number of hydrogen-bond acceptors (Lipinski definition) is 3. The van der Waals surface area contributed by atoms with Crippen LogP contribution in [-0.2, 0) is 11.2 Å². The molecule has 0 aliphatic carbocycles. The van der Waals surface area contributed by atoms with E-state index in [-0.39, 0.29) is 11.9 Å². The molecule has 0 spiro atoms. The molecule has 1 aromatic heterocycles. The minimum absolute atomic E-state index is 0.0267. The van der Waals surface area contributed by atoms with Gasteiger partial charge in [-0.25, -0.2) is 4.98 Å². The number of rotatable bonds is 5. The van der Waals surface area contributed by atoms with Gasteiger partial charge in [0.1, 0.15) is 5.82 Å². The van der Waals surface area contributed by atoms with Crippen LogP contribution in [0.5, 0.6) is 0 Å². The molecule has 0 saturated carbocycles. The monoisotopic (exact) mass is 363 g/mol. The number of nitrogens with one attached hydrogen (secondary N) is 1. The molecule has 1 unspecified atom stereocenters. The van der Waals surface area contributed by atoms with Crippen LogP contribution in [-0.4, -0.2) is 30.0 Å². The number of halogens is 2. The Morgan fingerprint density at radius 3 is 2.71 bits per heavy atom. The van der Waals surface area contributed by atoms with Crippen LogP contribution in [0.3, 0.4) is 0 Å². The third-order valence-corrected chi connectivity index (χ3v) is 4.90. The van der Waals surface area contributed by atoms with Gasteiger partial charge in [-0.05, 0) is 42.7 Å². The summed E-state index contributed by atoms with van der Waals surface area (Å²) in [6, 6.07) is 11.4. The molecule has 1 fully saturated rings. The standard InChI is InChI=1S/C18H19Cl2N3O/c19-15-4-3-5-16(20)14(15)7-8-18(24)22-13-9-11-23(12-13)17-6-1-2-10-21-17/h1-6,10,13H,7-9,11-12H2,(H,22,24). The predicted molar refractivity (Wildman–Crippen MR) is 97.8 cm³/mol. The summed E-state index contributed by atoms with van der Waals surface area (Å²) in [7, 11) is 0. The Kier molecular flexibility index (Phi) is 5.59. The highest BCUT2D eigenvalue weighted by molar-refractivity contribution is 6.36. The zero-order valence-electron chi connectivity index (χ0n) is 13.2. The van der Waals surface area contributed by atoms with Gasteiger partial charge >= 0.3 is 0 Å². The quantitative estimate of drug-likeness (QED) is 0.880. The van der Waals surface area contributed by atoms with E-state index < -0.39 is 0 Å². The molecule has 24 heavy (non-hydrogen) atoms. The van der Waals surface area contributed by atoms with Crippen LogP contribution in [0.1, 0.15) is 18.4 Å². The molecule has 2 heterocycles. The molecule has 6 heteroatoms. The fourth-order valence-electron chi connectivity index (χ4n) is 2.94. The summed E-state index contributed by atoms with van der Waals surface area (Å²) in [6.45, 7) is 1.69. The average molecular weight is 364 g/mol. The van der Waals surface area contributed by atoms with Crippen molar-refractivity contribution in [3.05, 3.63) is 58.2 Å². The fraction of sp³-hybridized carbons (Fsp3) is 0.333. The normalized spacial score (nSPS) is 17.1. The highest BCUT2D eigenvalue weighted by Crippen LogP contribution is 2.25. The molecule has 0 bridgehead atoms. The minimum Gasteiger partial charge on any atom is -0.354 e. The van der Waals surface area contributed by atoms with Crippen LogP contribution in [0.25, 0.3) is 0 Å². The number of pyridine rings is 1. The molecule has 1 aromatic carbocycles. The third kappa shape index (κ3) is 4.19. The molecule has 1 atom stereocenters. The van der Waals surface area contributed by atoms with Gasteiger partial charge in [-0.2, -0.15) is 0 Å². The summed E-state index contributed by atoms with van der Waals surface area (Å²) in [5.41, 5.74) is 0.831. The lowest BCUT2D eigenvalue weighted by molar-refractivity contribution is -0.121. The van der Waals surface area contributed by atoms with Gasteiger partial charge in [-0.3, -0.25) is 4.79 Å². The predicted octanol–water partition coefficient (Wildman–Crippen LogP) is 3.72. The Morgan fingerprint density at radius 1 is 1.21 bits per heavy atom. The summed E-state index contributed by atoms with van der Waals surface area (Å²) in [5.74, 6) is 0.982. The molecule has 1 aliphatic heterocycles. The van der Waals surface area contributed by atoms with Crippen molar-refractivity contribution in [3.8, 4) is 0 Å². The largest absolute Gasteiger partial charge is 0.354 e. The van der Waals surface area contributed by atoms with Gasteiger partial charge in [-0.1, -0.05) is 35.3 Å². The van der Waals surface area contributed by atoms with Gasteiger partial charge in [0.05, 0.1) is 0 Å². The van der Waals surface area contributed by atoms with Crippen LogP contribution in [0.15, 0.2) is 42.6 Å². The maximum absolute atomic E-state index is 12.2. The van der Waals surface area contributed by atoms with Crippen molar-refractivity contribution in [3.63, 3.8) is 0 Å². The topological polar surface area (TPSA) is 45.2 Å². The maximum atomic E-state index is 12.2. The molecule has 1 N–H and O–H groups in total. The van der Waals surface area contributed by atoms with Crippen molar-refractivity contribution in [1.29, 1.82) is 0 Å². The molecule has 1 amide bonds. The molecule has 126 valence electrons. The van der Waals surface area contributed by atoms with Crippen molar-refractivity contribution in [2.24, 2.45) is 0 Å². The highest BCUT2D eigenvalue weighted by atomic mass is 35.5. The van der Waals surface area contributed by atoms with Gasteiger partial charge in [0.2, 0.25) is 5.91 Å². The maximum Gasteiger partial charge on any atom is 0.220 e. The van der Waals surface area contributed by atoms with E-state index in [1.165, 1.54) is 0 Å². The van der Waals surface area contributed by atoms with Gasteiger partial charge in [0.15, 0.2) is 0 Å². The number of anilines is 1. The van der Waals surface area contributed by atoms with Crippen LogP contribution < -0.4 is 10.2 Å². The van der Waals surface area contributed by atoms with Crippen molar-refractivity contribution >= 4 is 34.9 Å². The van der Waals surface area contributed by atoms with Crippen molar-refractivity contribution < 1.29 is 4.79 Å². The molecule has 4 nitrogen and oxygen atoms in total. The van der Waals surface area contributed by atoms with E-state index in [0.717, 1.165) is 30.9 Å². The molecule has 2 aromatic rings. The molecule has 3 rings (SSSR count). The smallest absolute Gasteiger partial charge is 0.220 e. The second-order valence-electron chi connectivity index (χ2n) is 5.89. The highest BCUT2D eigenvalue weighted by Gasteiger charge is 2.24. The summed E-state index contributed by atoms with van der Waals surface area (Å²) in [6.07, 6.45) is 3.63. The average Bonchev–Trinajstić information content (AvgIpc) is 3.03. The number of amides is 1. The molecule has 0 radical (unpaired) electrons. The number of carbonyl (C=O) groups is 1. The summed E-state index contributed by atoms with van der Waals surface area (Å²) < 4.78 is 0. The number of hydrogen-bond donors (Lipinski definition) is 1. The second kappa shape index (κ2) is 7.86. The molecular weight excluding hydrogens is 345 g/mol. The molecule has 1 saturated heterocycles. The third-order valence-electron chi connectivity index (χ3n) is 4.19. The lowest BCUT2D eigenvalue weighted by atomic mass is 10.1. The van der Waals surface area contributed by atoms with Gasteiger partial charge in [-0.15, -0.1) is 0 Å². The van der Waals surface area contributed by atoms with Crippen molar-refractivity contribution in [2.45, 2.75) is 25.3 Å². The first-order valence-corrected chi connectivity index (χ1v) is 8.77. The number of nitrogens with zero attached hydrogens (tertiary/aromatic N) is 2. The Hall–Kier alpha value is -1.78. The van der Waals surface area contributed by atoms with Crippen LogP contribution in [0.2, 0.25) is 10.0 Å². The van der Waals surface area contributed by atoms with E-state index >= 15 is 0 Å². The van der Waals surface area contributed by atoms with E-state index in [0.29, 0.717) is 22.9 Å². The van der Waals surface area contributed by atoms with Crippen LogP contribution >= 0.6 is 23.2 Å². The minimum atomic E-state index is 0.0267. The molecule has 1 aliphatic rings. The summed E-state index contributed by atoms with van der Waals surface area (Å²) >= 11 is 12.3. The second-order valence-corrected chi connectivity index (χ2v) is 6.70. The van der Waals surface area contributed by atoms with Crippen LogP contribution in [0, 0.1) is 0 Å². The first-order valence-electron chi connectivity index (χ1n) is 8.01. The molecular formula is C18H19Cl2N3O. The lowest BCUT2D eigenvalue weighted by Gasteiger charge is -2.17. The first-order chi connectivity index (χ1) is 11.6. The number of aromatic nitrogens is 1. The van der Waals surface area contributed by atoms with E-state index in [2.05, 4.69) is 15.2 Å². The Morgan fingerprint density at radius 2 is 2.00 bits per heavy atom. The SMILES string of the molecule is O=C(CCc1c(Cl)cccc1Cl)NC1CCN(c2ccccn2)C1. The van der Waals surface area contributed by atoms with E-state index in [1.807, 2.05) is 18.2 Å². The summed E-state index contributed by atoms with van der Waals surface area (Å²) in [5, 5.41) is 4.31. The Bertz CT molecular complexity index is 688. The van der Waals surface area contributed by atoms with E-state index in [4.69, 9.17) is 23.2 Å². The Labute approximate surface area is 151 Å². The zero-order chi connectivity index (χ0) is 16.9. The van der Waals surface area contributed by atoms with Crippen molar-refractivity contribution in [1.82, 2.24) is 10.3 Å². The number of benzene rings is 1. The lowest BCUT2D eigenvalue weighted by Crippen LogP contribution is -2.37. The van der Waals surface area contributed by atoms with Crippen molar-refractivity contribution in [2.75, 3.05) is 18.0 Å². The fourth-order valence-corrected chi connectivity index (χ4v) is 3.52. The van der Waals surface area contributed by atoms with Gasteiger partial charge in [0, 0.05) is 41.8 Å². The van der Waals surface area contributed by atoms with Gasteiger partial charge in [0.25, 0.3) is 0 Å². The zero-order valence-corrected chi connectivity index (χ0v) is 14.7. The van der Waals surface area contributed by atoms with Gasteiger partial charge < -0.3 is 10.2 Å².